The lowest BCUT2D eigenvalue weighted by atomic mass is 9.65. The third-order valence-electron chi connectivity index (χ3n) is 5.00. The van der Waals surface area contributed by atoms with Gasteiger partial charge in [0.1, 0.15) is 5.82 Å². The first-order valence-corrected chi connectivity index (χ1v) is 8.23. The molecule has 1 aliphatic rings. The van der Waals surface area contributed by atoms with E-state index in [0.717, 1.165) is 36.1 Å². The van der Waals surface area contributed by atoms with Gasteiger partial charge in [-0.2, -0.15) is 44.8 Å². The number of hydrogen-bond acceptors (Lipinski definition) is 3. The van der Waals surface area contributed by atoms with Crippen molar-refractivity contribution >= 4 is 5.69 Å². The average molecular weight is 443 g/mol. The smallest absolute Gasteiger partial charge is 0.384 e. The Labute approximate surface area is 164 Å². The molecule has 1 aromatic carbocycles. The second kappa shape index (κ2) is 7.14. The molecule has 30 heavy (non-hydrogen) atoms. The lowest BCUT2D eigenvalue weighted by Gasteiger charge is -2.49. The monoisotopic (exact) mass is 443 g/mol. The number of nitrogens with zero attached hydrogens (tertiary/aromatic N) is 2. The highest BCUT2D eigenvalue weighted by Crippen LogP contribution is 2.63. The van der Waals surface area contributed by atoms with Crippen molar-refractivity contribution in [3.8, 4) is 6.07 Å². The molecule has 0 saturated heterocycles. The average Bonchev–Trinajstić information content (AvgIpc) is 2.59. The number of halogens is 9. The maximum Gasteiger partial charge on any atom is 0.416 e. The molecule has 2 N–H and O–H groups in total. The Bertz CT molecular complexity index is 899. The molecule has 3 nitrogen and oxygen atoms in total. The number of anilines is 1. The van der Waals surface area contributed by atoms with Gasteiger partial charge in [0.05, 0.1) is 17.2 Å². The molecule has 1 aromatic rings. The van der Waals surface area contributed by atoms with Crippen molar-refractivity contribution in [2.45, 2.75) is 32.4 Å². The van der Waals surface area contributed by atoms with E-state index in [-0.39, 0.29) is 5.69 Å². The summed E-state index contributed by atoms with van der Waals surface area (Å²) in [5.74, 6) is -3.52. The SMILES string of the molecule is C/C=C1\[C@@H](C)C(C(F)(F)F)(C(F)(F)F)C(C#N)=C(N)N1c1ccc(C(F)(F)F)cc1. The molecule has 0 spiro atoms. The van der Waals surface area contributed by atoms with E-state index in [2.05, 4.69) is 0 Å². The molecule has 1 heterocycles. The molecule has 1 atom stereocenters. The van der Waals surface area contributed by atoms with Crippen molar-refractivity contribution in [3.05, 3.63) is 53.0 Å². The topological polar surface area (TPSA) is 53.1 Å². The number of benzene rings is 1. The second-order valence-corrected chi connectivity index (χ2v) is 6.49. The van der Waals surface area contributed by atoms with Crippen molar-refractivity contribution in [1.82, 2.24) is 0 Å². The first-order valence-electron chi connectivity index (χ1n) is 8.23. The molecule has 0 unspecified atom stereocenters. The van der Waals surface area contributed by atoms with Gasteiger partial charge in [0.2, 0.25) is 5.41 Å². The van der Waals surface area contributed by atoms with E-state index in [9.17, 15) is 44.8 Å². The first-order chi connectivity index (χ1) is 13.6. The molecule has 0 aromatic heterocycles. The predicted molar refractivity (Wildman–Crippen MR) is 88.2 cm³/mol. The maximum atomic E-state index is 13.8. The quantitative estimate of drug-likeness (QED) is 0.553. The molecule has 0 fully saturated rings. The molecular formula is C18H14F9N3. The van der Waals surface area contributed by atoms with E-state index in [0.29, 0.717) is 19.1 Å². The highest BCUT2D eigenvalue weighted by molar-refractivity contribution is 5.64. The Morgan fingerprint density at radius 3 is 1.80 bits per heavy atom. The van der Waals surface area contributed by atoms with E-state index < -0.39 is 52.5 Å². The normalized spacial score (nSPS) is 21.7. The van der Waals surface area contributed by atoms with Gasteiger partial charge in [-0.25, -0.2) is 0 Å². The number of hydrogen-bond donors (Lipinski definition) is 1. The van der Waals surface area contributed by atoms with Crippen LogP contribution in [0.25, 0.3) is 0 Å². The lowest BCUT2D eigenvalue weighted by Crippen LogP contribution is -2.60. The Hall–Kier alpha value is -2.84. The highest BCUT2D eigenvalue weighted by atomic mass is 19.4. The molecule has 2 rings (SSSR count). The van der Waals surface area contributed by atoms with Crippen LogP contribution in [0.1, 0.15) is 19.4 Å². The molecule has 12 heteroatoms. The van der Waals surface area contributed by atoms with Crippen LogP contribution in [-0.4, -0.2) is 12.4 Å². The molecule has 0 amide bonds. The second-order valence-electron chi connectivity index (χ2n) is 6.49. The third kappa shape index (κ3) is 3.26. The highest BCUT2D eigenvalue weighted by Gasteiger charge is 2.77. The largest absolute Gasteiger partial charge is 0.416 e. The van der Waals surface area contributed by atoms with Gasteiger partial charge in [-0.1, -0.05) is 13.0 Å². The summed E-state index contributed by atoms with van der Waals surface area (Å²) in [6, 6.07) is 3.82. The van der Waals surface area contributed by atoms with E-state index in [1.807, 2.05) is 0 Å². The minimum atomic E-state index is -5.93. The van der Waals surface area contributed by atoms with Gasteiger partial charge < -0.3 is 10.6 Å². The summed E-state index contributed by atoms with van der Waals surface area (Å²) in [6.07, 6.45) is -15.6. The Morgan fingerprint density at radius 1 is 1.00 bits per heavy atom. The van der Waals surface area contributed by atoms with E-state index >= 15 is 0 Å². The van der Waals surface area contributed by atoms with Gasteiger partial charge >= 0.3 is 18.5 Å². The molecule has 0 bridgehead atoms. The summed E-state index contributed by atoms with van der Waals surface area (Å²) >= 11 is 0. The zero-order valence-corrected chi connectivity index (χ0v) is 15.3. The maximum absolute atomic E-state index is 13.8. The van der Waals surface area contributed by atoms with E-state index in [1.54, 1.807) is 0 Å². The summed E-state index contributed by atoms with van der Waals surface area (Å²) in [6.45, 7) is 1.79. The fraction of sp³-hybridized carbons (Fsp3) is 0.389. The molecule has 0 radical (unpaired) electrons. The fourth-order valence-electron chi connectivity index (χ4n) is 3.63. The van der Waals surface area contributed by atoms with Crippen molar-refractivity contribution < 1.29 is 39.5 Å². The predicted octanol–water partition coefficient (Wildman–Crippen LogP) is 5.87. The van der Waals surface area contributed by atoms with Crippen molar-refractivity contribution in [3.63, 3.8) is 0 Å². The van der Waals surface area contributed by atoms with Gasteiger partial charge in [-0.05, 0) is 31.2 Å². The van der Waals surface area contributed by atoms with Crippen LogP contribution in [0.2, 0.25) is 0 Å². The van der Waals surface area contributed by atoms with Crippen LogP contribution >= 0.6 is 0 Å². The van der Waals surface area contributed by atoms with Gasteiger partial charge in [0, 0.05) is 17.3 Å². The minimum absolute atomic E-state index is 0.230. The third-order valence-corrected chi connectivity index (χ3v) is 5.00. The molecular weight excluding hydrogens is 429 g/mol. The summed E-state index contributed by atoms with van der Waals surface area (Å²) in [7, 11) is 0. The van der Waals surface area contributed by atoms with Crippen molar-refractivity contribution in [2.24, 2.45) is 17.1 Å². The van der Waals surface area contributed by atoms with Gasteiger partial charge in [0.15, 0.2) is 0 Å². The van der Waals surface area contributed by atoms with E-state index in [1.165, 1.54) is 0 Å². The number of rotatable bonds is 1. The lowest BCUT2D eigenvalue weighted by molar-refractivity contribution is -0.337. The van der Waals surface area contributed by atoms with Gasteiger partial charge in [-0.3, -0.25) is 0 Å². The van der Waals surface area contributed by atoms with Crippen LogP contribution in [0.15, 0.2) is 47.4 Å². The van der Waals surface area contributed by atoms with Crippen LogP contribution in [0, 0.1) is 22.7 Å². The summed E-state index contributed by atoms with van der Waals surface area (Å²) < 4.78 is 121. The zero-order chi connectivity index (χ0) is 23.3. The van der Waals surface area contributed by atoms with Gasteiger partial charge in [-0.15, -0.1) is 0 Å². The van der Waals surface area contributed by atoms with Crippen LogP contribution in [0.4, 0.5) is 45.2 Å². The van der Waals surface area contributed by atoms with Crippen LogP contribution in [0.3, 0.4) is 0 Å². The Balaban J connectivity index is 2.86. The summed E-state index contributed by atoms with van der Waals surface area (Å²) in [5, 5.41) is 9.23. The zero-order valence-electron chi connectivity index (χ0n) is 15.3. The summed E-state index contributed by atoms with van der Waals surface area (Å²) in [4.78, 5) is 0.721. The van der Waals surface area contributed by atoms with Crippen LogP contribution in [0.5, 0.6) is 0 Å². The Morgan fingerprint density at radius 2 is 1.47 bits per heavy atom. The Kier molecular flexibility index (Phi) is 5.58. The molecule has 164 valence electrons. The molecule has 1 aliphatic heterocycles. The van der Waals surface area contributed by atoms with Crippen LogP contribution in [-0.2, 0) is 6.18 Å². The molecule has 0 saturated carbocycles. The first kappa shape index (κ1) is 23.4. The van der Waals surface area contributed by atoms with Gasteiger partial charge in [0.25, 0.3) is 0 Å². The standard InChI is InChI=1S/C18H14F9N3/c1-3-13-9(2)15(17(22,23)24,18(25,26)27)12(8-28)14(29)30(13)11-6-4-10(5-7-11)16(19,20)21/h3-7,9H,29H2,1-2H3/b13-3+/t9-/m1/s1. The summed E-state index contributed by atoms with van der Waals surface area (Å²) in [5.41, 5.74) is -2.63. The molecule has 0 aliphatic carbocycles. The fourth-order valence-corrected chi connectivity index (χ4v) is 3.63. The number of nitrogens with two attached hydrogens (primary N) is 1. The van der Waals surface area contributed by atoms with Crippen molar-refractivity contribution in [2.75, 3.05) is 4.90 Å². The number of alkyl halides is 9. The van der Waals surface area contributed by atoms with E-state index in [4.69, 9.17) is 5.73 Å². The number of nitriles is 1. The minimum Gasteiger partial charge on any atom is -0.384 e. The number of allylic oxidation sites excluding steroid dienone is 3. The van der Waals surface area contributed by atoms with Crippen molar-refractivity contribution in [1.29, 1.82) is 5.26 Å². The van der Waals surface area contributed by atoms with Crippen LogP contribution < -0.4 is 10.6 Å².